The predicted molar refractivity (Wildman–Crippen MR) is 168 cm³/mol. The van der Waals surface area contributed by atoms with E-state index in [9.17, 15) is 27.6 Å². The Bertz CT molecular complexity index is 1720. The van der Waals surface area contributed by atoms with Crippen molar-refractivity contribution in [2.45, 2.75) is 82.6 Å². The number of nitrogens with zero attached hydrogens (tertiary/aromatic N) is 6. The van der Waals surface area contributed by atoms with Crippen LogP contribution in [-0.4, -0.2) is 67.2 Å². The molecule has 1 saturated carbocycles. The third-order valence-electron chi connectivity index (χ3n) is 7.44. The zero-order chi connectivity index (χ0) is 34.1. The van der Waals surface area contributed by atoms with Crippen molar-refractivity contribution < 1.29 is 27.5 Å². The highest BCUT2D eigenvalue weighted by atomic mass is 35.5. The Morgan fingerprint density at radius 2 is 1.85 bits per heavy atom. The molecule has 47 heavy (non-hydrogen) atoms. The molecule has 252 valence electrons. The van der Waals surface area contributed by atoms with Gasteiger partial charge in [-0.1, -0.05) is 23.2 Å². The second-order valence-corrected chi connectivity index (χ2v) is 13.0. The number of halogens is 5. The number of anilines is 1. The van der Waals surface area contributed by atoms with Crippen LogP contribution in [0.4, 0.5) is 23.8 Å². The summed E-state index contributed by atoms with van der Waals surface area (Å²) in [6.45, 7) is 3.69. The molecule has 2 atom stereocenters. The summed E-state index contributed by atoms with van der Waals surface area (Å²) in [7, 11) is 0. The van der Waals surface area contributed by atoms with Crippen LogP contribution >= 0.6 is 23.2 Å². The Morgan fingerprint density at radius 3 is 2.45 bits per heavy atom. The molecule has 0 spiro atoms. The number of carbonyl (C=O) groups excluding carboxylic acids is 2. The molecule has 2 amide bonds. The number of rotatable bonds is 9. The Balaban J connectivity index is 1.41. The summed E-state index contributed by atoms with van der Waals surface area (Å²) in [4.78, 5) is 47.9. The number of hydrogen-bond acceptors (Lipinski definition) is 9. The minimum absolute atomic E-state index is 0.0907. The molecule has 0 radical (unpaired) electrons. The minimum atomic E-state index is -4.98. The number of carbonyl (C=O) groups is 2. The first-order valence-electron chi connectivity index (χ1n) is 14.6. The van der Waals surface area contributed by atoms with Gasteiger partial charge in [0.05, 0.1) is 18.1 Å². The van der Waals surface area contributed by atoms with Crippen molar-refractivity contribution in [1.82, 2.24) is 35.4 Å². The summed E-state index contributed by atoms with van der Waals surface area (Å²) < 4.78 is 50.6. The van der Waals surface area contributed by atoms with Crippen LogP contribution in [0, 0.1) is 0 Å². The maximum absolute atomic E-state index is 14.5. The lowest BCUT2D eigenvalue weighted by Crippen LogP contribution is -2.66. The Labute approximate surface area is 277 Å². The molecule has 5 rings (SSSR count). The fourth-order valence-corrected chi connectivity index (χ4v) is 5.32. The number of alkyl halides is 3. The summed E-state index contributed by atoms with van der Waals surface area (Å²) in [5.41, 5.74) is -0.0394. The molecule has 1 aliphatic heterocycles. The minimum Gasteiger partial charge on any atom is -0.444 e. The monoisotopic (exact) mass is 697 g/mol. The fraction of sp³-hybridized carbons (Fsp3) is 0.448. The molecule has 1 fully saturated rings. The molecule has 18 heteroatoms. The van der Waals surface area contributed by atoms with E-state index in [-0.39, 0.29) is 25.2 Å². The zero-order valence-corrected chi connectivity index (χ0v) is 27.0. The average Bonchev–Trinajstić information content (AvgIpc) is 3.54. The Morgan fingerprint density at radius 1 is 1.15 bits per heavy atom. The van der Waals surface area contributed by atoms with Crippen molar-refractivity contribution in [3.8, 4) is 11.4 Å². The van der Waals surface area contributed by atoms with E-state index in [1.54, 1.807) is 32.9 Å². The van der Waals surface area contributed by atoms with Crippen molar-refractivity contribution in [2.24, 2.45) is 4.99 Å². The molecular formula is C29H32Cl2F3N9O4. The first-order chi connectivity index (χ1) is 22.0. The van der Waals surface area contributed by atoms with Crippen LogP contribution in [0.1, 0.15) is 40.0 Å². The highest BCUT2D eigenvalue weighted by molar-refractivity contribution is 6.33. The van der Waals surface area contributed by atoms with E-state index in [0.29, 0.717) is 27.8 Å². The van der Waals surface area contributed by atoms with Crippen molar-refractivity contribution in [2.75, 3.05) is 5.01 Å². The number of aromatic nitrogens is 4. The standard InChI is InChI=1S/C29H32Cl2F3N9O4/c1-27(2,3)47-25(45)38-28(11-5-12-28)24(44)37-20(29(32,33)34)14-41-22(17-7-9-18(30)10-8-17)40-42(26(41)46)15-21-36-16-43(39-21)23-19(31)6-4-13-35-23/h4,6-10,13,16,20-21,39H,5,11-12,14-15H2,1-3H3,(H,37,44)(H,38,45). The molecule has 2 aromatic heterocycles. The summed E-state index contributed by atoms with van der Waals surface area (Å²) >= 11 is 12.2. The molecule has 1 aliphatic carbocycles. The van der Waals surface area contributed by atoms with Gasteiger partial charge in [0.15, 0.2) is 11.6 Å². The molecule has 3 N–H and O–H groups in total. The van der Waals surface area contributed by atoms with Gasteiger partial charge >= 0.3 is 18.0 Å². The zero-order valence-electron chi connectivity index (χ0n) is 25.5. The molecule has 3 aromatic rings. The number of pyridine rings is 1. The van der Waals surface area contributed by atoms with E-state index < -0.39 is 53.8 Å². The molecular weight excluding hydrogens is 666 g/mol. The van der Waals surface area contributed by atoms with Gasteiger partial charge in [-0.25, -0.2) is 29.7 Å². The number of hydrogen-bond donors (Lipinski definition) is 3. The molecule has 0 saturated heterocycles. The van der Waals surface area contributed by atoms with Gasteiger partial charge in [0.25, 0.3) is 0 Å². The van der Waals surface area contributed by atoms with Gasteiger partial charge in [0.1, 0.15) is 29.7 Å². The van der Waals surface area contributed by atoms with Crippen molar-refractivity contribution >= 4 is 47.4 Å². The van der Waals surface area contributed by atoms with Gasteiger partial charge in [0, 0.05) is 16.8 Å². The van der Waals surface area contributed by atoms with Gasteiger partial charge in [-0.15, -0.1) is 5.10 Å². The van der Waals surface area contributed by atoms with Crippen LogP contribution in [0.2, 0.25) is 10.0 Å². The number of aliphatic imine (C=N–C) groups is 1. The summed E-state index contributed by atoms with van der Waals surface area (Å²) in [5, 5.41) is 11.0. The van der Waals surface area contributed by atoms with Gasteiger partial charge in [-0.3, -0.25) is 14.4 Å². The molecule has 13 nitrogen and oxygen atoms in total. The van der Waals surface area contributed by atoms with E-state index in [1.807, 2.05) is 5.32 Å². The maximum atomic E-state index is 14.5. The smallest absolute Gasteiger partial charge is 0.410 e. The van der Waals surface area contributed by atoms with E-state index in [2.05, 4.69) is 25.8 Å². The third kappa shape index (κ3) is 7.88. The van der Waals surface area contributed by atoms with Gasteiger partial charge in [0.2, 0.25) is 5.91 Å². The summed E-state index contributed by atoms with van der Waals surface area (Å²) in [6.07, 6.45) is -2.96. The number of ether oxygens (including phenoxy) is 1. The Hall–Kier alpha value is -4.15. The SMILES string of the molecule is CC(C)(C)OC(=O)NC1(C(=O)NC(Cn2c(-c3ccc(Cl)cc3)nn(CC3N=CN(c4ncccc4Cl)N3)c2=O)C(F)(F)F)CCC1. The number of alkyl carbamates (subject to hydrolysis) is 1. The quantitative estimate of drug-likeness (QED) is 0.300. The first-order valence-corrected chi connectivity index (χ1v) is 15.3. The number of benzene rings is 1. The number of amides is 2. The van der Waals surface area contributed by atoms with E-state index >= 15 is 0 Å². The largest absolute Gasteiger partial charge is 0.444 e. The normalized spacial score (nSPS) is 18.0. The molecule has 1 aromatic carbocycles. The first kappa shape index (κ1) is 34.2. The van der Waals surface area contributed by atoms with Crippen LogP contribution in [0.15, 0.2) is 52.4 Å². The van der Waals surface area contributed by atoms with Crippen LogP contribution in [0.5, 0.6) is 0 Å². The number of nitrogens with one attached hydrogen (secondary N) is 3. The second kappa shape index (κ2) is 13.2. The highest BCUT2D eigenvalue weighted by Crippen LogP contribution is 2.34. The molecule has 0 bridgehead atoms. The van der Waals surface area contributed by atoms with Crippen LogP contribution in [0.3, 0.4) is 0 Å². The molecule has 3 heterocycles. The second-order valence-electron chi connectivity index (χ2n) is 12.1. The fourth-order valence-electron chi connectivity index (χ4n) is 4.98. The van der Waals surface area contributed by atoms with Crippen LogP contribution < -0.4 is 26.8 Å². The lowest BCUT2D eigenvalue weighted by molar-refractivity contribution is -0.167. The van der Waals surface area contributed by atoms with Gasteiger partial charge in [-0.2, -0.15) is 13.2 Å². The lowest BCUT2D eigenvalue weighted by Gasteiger charge is -2.41. The number of hydrazine groups is 1. The van der Waals surface area contributed by atoms with Gasteiger partial charge < -0.3 is 15.4 Å². The van der Waals surface area contributed by atoms with E-state index in [4.69, 9.17) is 27.9 Å². The van der Waals surface area contributed by atoms with Gasteiger partial charge in [-0.05, 0) is 76.4 Å². The third-order valence-corrected chi connectivity index (χ3v) is 7.98. The predicted octanol–water partition coefficient (Wildman–Crippen LogP) is 4.29. The van der Waals surface area contributed by atoms with Crippen molar-refractivity contribution in [3.63, 3.8) is 0 Å². The topological polar surface area (TPSA) is 148 Å². The van der Waals surface area contributed by atoms with E-state index in [0.717, 1.165) is 9.25 Å². The van der Waals surface area contributed by atoms with Crippen molar-refractivity contribution in [1.29, 1.82) is 0 Å². The van der Waals surface area contributed by atoms with Crippen LogP contribution in [-0.2, 0) is 22.6 Å². The highest BCUT2D eigenvalue weighted by Gasteiger charge is 2.50. The summed E-state index contributed by atoms with van der Waals surface area (Å²) in [6, 6.07) is 6.81. The van der Waals surface area contributed by atoms with Crippen LogP contribution in [0.25, 0.3) is 11.4 Å². The Kier molecular flexibility index (Phi) is 9.57. The molecule has 2 aliphatic rings. The van der Waals surface area contributed by atoms with E-state index in [1.165, 1.54) is 41.8 Å². The maximum Gasteiger partial charge on any atom is 0.410 e. The average molecular weight is 699 g/mol. The summed E-state index contributed by atoms with van der Waals surface area (Å²) in [5.74, 6) is -0.774. The van der Waals surface area contributed by atoms with Crippen molar-refractivity contribution in [3.05, 3.63) is 63.1 Å². The molecule has 2 unspecified atom stereocenters. The lowest BCUT2D eigenvalue weighted by atomic mass is 9.76.